The lowest BCUT2D eigenvalue weighted by atomic mass is 9.89. The lowest BCUT2D eigenvalue weighted by Gasteiger charge is -2.35. The Bertz CT molecular complexity index is 3800. The van der Waals surface area contributed by atoms with Crippen LogP contribution in [-0.4, -0.2) is 15.0 Å². The molecule has 1 aliphatic rings. The van der Waals surface area contributed by atoms with Crippen molar-refractivity contribution in [3.05, 3.63) is 212 Å². The third-order valence-electron chi connectivity index (χ3n) is 12.7. The van der Waals surface area contributed by atoms with Crippen molar-refractivity contribution >= 4 is 65.6 Å². The van der Waals surface area contributed by atoms with E-state index in [-0.39, 0.29) is 0 Å². The van der Waals surface area contributed by atoms with E-state index in [0.717, 1.165) is 82.7 Å². The molecule has 0 saturated carbocycles. The van der Waals surface area contributed by atoms with Crippen LogP contribution in [0.3, 0.4) is 0 Å². The van der Waals surface area contributed by atoms with Gasteiger partial charge in [-0.05, 0) is 97.7 Å². The predicted molar refractivity (Wildman–Crippen MR) is 259 cm³/mol. The molecule has 63 heavy (non-hydrogen) atoms. The number of hydrogen-bond donors (Lipinski definition) is 0. The zero-order valence-corrected chi connectivity index (χ0v) is 34.0. The first-order valence-corrected chi connectivity index (χ1v) is 21.4. The summed E-state index contributed by atoms with van der Waals surface area (Å²) in [5, 5.41) is 9.01. The number of nitrogens with zero attached hydrogens (tertiary/aromatic N) is 4. The SMILES string of the molecule is c1ccc(-c2cccc(-c3nc(-c4ccc5ccccc5c4)nc(-c4ccc5oc6c7ccccc7ccc6c5c4N4Cc5cc6ccccc6cc5-c5ccccc54)n3)c2)cc1. The van der Waals surface area contributed by atoms with E-state index in [9.17, 15) is 0 Å². The Kier molecular flexibility index (Phi) is 7.90. The van der Waals surface area contributed by atoms with Crippen molar-refractivity contribution < 1.29 is 4.42 Å². The van der Waals surface area contributed by atoms with Gasteiger partial charge >= 0.3 is 0 Å². The van der Waals surface area contributed by atoms with E-state index in [4.69, 9.17) is 19.4 Å². The molecular weight excluding hydrogens is 769 g/mol. The minimum atomic E-state index is 0.585. The van der Waals surface area contributed by atoms with Crippen LogP contribution in [0.5, 0.6) is 0 Å². The van der Waals surface area contributed by atoms with Crippen LogP contribution in [-0.2, 0) is 6.54 Å². The van der Waals surface area contributed by atoms with Crippen LogP contribution in [0.2, 0.25) is 0 Å². The van der Waals surface area contributed by atoms with E-state index in [1.54, 1.807) is 0 Å². The van der Waals surface area contributed by atoms with E-state index in [1.807, 2.05) is 6.07 Å². The first-order valence-electron chi connectivity index (χ1n) is 21.4. The number of benzene rings is 10. The van der Waals surface area contributed by atoms with E-state index >= 15 is 0 Å². The van der Waals surface area contributed by atoms with Gasteiger partial charge in [0.2, 0.25) is 0 Å². The van der Waals surface area contributed by atoms with E-state index in [1.165, 1.54) is 27.5 Å². The summed E-state index contributed by atoms with van der Waals surface area (Å²) in [5.74, 6) is 1.80. The molecule has 10 aromatic carbocycles. The van der Waals surface area contributed by atoms with Gasteiger partial charge in [-0.15, -0.1) is 0 Å². The fraction of sp³-hybridized carbons (Fsp3) is 0.0172. The molecule has 2 aromatic heterocycles. The fourth-order valence-electron chi connectivity index (χ4n) is 9.65. The van der Waals surface area contributed by atoms with Crippen molar-refractivity contribution in [3.63, 3.8) is 0 Å². The van der Waals surface area contributed by atoms with Crippen molar-refractivity contribution in [3.8, 4) is 56.4 Å². The zero-order chi connectivity index (χ0) is 41.4. The standard InChI is InChI=1S/C58H36N4O/c1-2-13-36(14-3-1)40-20-12-21-43(31-40)56-59-57(44-26-25-37-15-4-5-17-39(37)32-44)61-58(60-56)49-29-30-52-53(48-28-27-38-16-8-9-22-46(38)55(48)63-52)54(49)62-35-45-33-41-18-6-7-19-42(41)34-50(45)47-23-10-11-24-51(47)62/h1-34H,35H2. The number of furan rings is 1. The van der Waals surface area contributed by atoms with Crippen LogP contribution >= 0.6 is 0 Å². The lowest BCUT2D eigenvalue weighted by Crippen LogP contribution is -2.22. The van der Waals surface area contributed by atoms with Crippen molar-refractivity contribution in [1.82, 2.24) is 15.0 Å². The molecule has 0 radical (unpaired) electrons. The summed E-state index contributed by atoms with van der Waals surface area (Å²) in [4.78, 5) is 18.6. The molecule has 0 aliphatic carbocycles. The third kappa shape index (κ3) is 5.82. The monoisotopic (exact) mass is 804 g/mol. The molecule has 3 heterocycles. The Balaban J connectivity index is 1.10. The average molecular weight is 805 g/mol. The highest BCUT2D eigenvalue weighted by molar-refractivity contribution is 6.21. The van der Waals surface area contributed by atoms with Crippen molar-refractivity contribution in [2.45, 2.75) is 6.54 Å². The number of fused-ring (bicyclic) bond motifs is 10. The van der Waals surface area contributed by atoms with Gasteiger partial charge in [-0.1, -0.05) is 158 Å². The molecule has 0 spiro atoms. The van der Waals surface area contributed by atoms with Gasteiger partial charge in [0.25, 0.3) is 0 Å². The van der Waals surface area contributed by atoms with Crippen LogP contribution in [0.1, 0.15) is 5.56 Å². The molecule has 0 bridgehead atoms. The number of rotatable bonds is 5. The summed E-state index contributed by atoms with van der Waals surface area (Å²) in [5.41, 5.74) is 12.4. The quantitative estimate of drug-likeness (QED) is 0.173. The highest BCUT2D eigenvalue weighted by Gasteiger charge is 2.30. The van der Waals surface area contributed by atoms with Gasteiger partial charge in [0.1, 0.15) is 11.2 Å². The molecular formula is C58H36N4O. The van der Waals surface area contributed by atoms with Crippen molar-refractivity contribution in [2.24, 2.45) is 0 Å². The maximum Gasteiger partial charge on any atom is 0.166 e. The van der Waals surface area contributed by atoms with Crippen LogP contribution in [0, 0.1) is 0 Å². The second kappa shape index (κ2) is 14.1. The molecule has 5 heteroatoms. The molecule has 0 fully saturated rings. The summed E-state index contributed by atoms with van der Waals surface area (Å²) in [6.07, 6.45) is 0. The molecule has 294 valence electrons. The Hall–Kier alpha value is -8.41. The first kappa shape index (κ1) is 35.4. The summed E-state index contributed by atoms with van der Waals surface area (Å²) in [7, 11) is 0. The molecule has 0 atom stereocenters. The van der Waals surface area contributed by atoms with Gasteiger partial charge in [0.15, 0.2) is 17.5 Å². The molecule has 0 saturated heterocycles. The average Bonchev–Trinajstić information content (AvgIpc) is 3.75. The van der Waals surface area contributed by atoms with Gasteiger partial charge in [0, 0.05) is 45.3 Å². The number of para-hydroxylation sites is 1. The normalized spacial score (nSPS) is 12.3. The Labute approximate surface area is 363 Å². The Morgan fingerprint density at radius 2 is 1.02 bits per heavy atom. The molecule has 5 nitrogen and oxygen atoms in total. The van der Waals surface area contributed by atoms with E-state index in [2.05, 4.69) is 205 Å². The molecule has 13 rings (SSSR count). The molecule has 12 aromatic rings. The highest BCUT2D eigenvalue weighted by atomic mass is 16.3. The minimum Gasteiger partial charge on any atom is -0.455 e. The van der Waals surface area contributed by atoms with Gasteiger partial charge in [-0.3, -0.25) is 0 Å². The maximum atomic E-state index is 6.91. The first-order chi connectivity index (χ1) is 31.2. The molecule has 0 amide bonds. The molecule has 0 unspecified atom stereocenters. The number of aromatic nitrogens is 3. The summed E-state index contributed by atoms with van der Waals surface area (Å²) >= 11 is 0. The second-order valence-electron chi connectivity index (χ2n) is 16.4. The van der Waals surface area contributed by atoms with Gasteiger partial charge in [-0.2, -0.15) is 0 Å². The van der Waals surface area contributed by atoms with E-state index < -0.39 is 0 Å². The smallest absolute Gasteiger partial charge is 0.166 e. The van der Waals surface area contributed by atoms with Crippen molar-refractivity contribution in [1.29, 1.82) is 0 Å². The minimum absolute atomic E-state index is 0.585. The van der Waals surface area contributed by atoms with E-state index in [0.29, 0.717) is 24.0 Å². The molecule has 0 N–H and O–H groups in total. The highest BCUT2D eigenvalue weighted by Crippen LogP contribution is 2.51. The van der Waals surface area contributed by atoms with Gasteiger partial charge < -0.3 is 9.32 Å². The van der Waals surface area contributed by atoms with Crippen LogP contribution in [0.15, 0.2) is 211 Å². The largest absolute Gasteiger partial charge is 0.455 e. The van der Waals surface area contributed by atoms with Gasteiger partial charge in [0.05, 0.1) is 11.1 Å². The Morgan fingerprint density at radius 3 is 1.86 bits per heavy atom. The predicted octanol–water partition coefficient (Wildman–Crippen LogP) is 15.2. The zero-order valence-electron chi connectivity index (χ0n) is 34.0. The summed E-state index contributed by atoms with van der Waals surface area (Å²) < 4.78 is 6.91. The molecule has 1 aliphatic heterocycles. The maximum absolute atomic E-state index is 6.91. The van der Waals surface area contributed by atoms with Crippen molar-refractivity contribution in [2.75, 3.05) is 4.90 Å². The number of hydrogen-bond acceptors (Lipinski definition) is 5. The number of anilines is 2. The second-order valence-corrected chi connectivity index (χ2v) is 16.4. The lowest BCUT2D eigenvalue weighted by molar-refractivity contribution is 0.672. The van der Waals surface area contributed by atoms with Crippen LogP contribution in [0.25, 0.3) is 111 Å². The van der Waals surface area contributed by atoms with Gasteiger partial charge in [-0.25, -0.2) is 15.0 Å². The summed E-state index contributed by atoms with van der Waals surface area (Å²) in [6.45, 7) is 0.637. The van der Waals surface area contributed by atoms with Crippen LogP contribution < -0.4 is 4.90 Å². The fourth-order valence-corrected chi connectivity index (χ4v) is 9.65. The van der Waals surface area contributed by atoms with Crippen LogP contribution in [0.4, 0.5) is 11.4 Å². The topological polar surface area (TPSA) is 55.1 Å². The Morgan fingerprint density at radius 1 is 0.381 bits per heavy atom. The summed E-state index contributed by atoms with van der Waals surface area (Å²) in [6, 6.07) is 73.0. The third-order valence-corrected chi connectivity index (χ3v) is 12.7.